The van der Waals surface area contributed by atoms with Crippen LogP contribution in [0.2, 0.25) is 0 Å². The van der Waals surface area contributed by atoms with Crippen LogP contribution in [0.25, 0.3) is 11.1 Å². The standard InChI is InChI=1S/C19H21N5O2/c1-12-5-7-15(8-6-12)22-18(25)14-4-3-9-24(10-14)17-16-13(2)23-26-19(16)21-11-20-17/h5-8,11,14H,3-4,9-10H2,1-2H3,(H,22,25)/t14-/m1/s1. The van der Waals surface area contributed by atoms with Crippen LogP contribution in [0.5, 0.6) is 0 Å². The van der Waals surface area contributed by atoms with Crippen LogP contribution in [0, 0.1) is 19.8 Å². The fourth-order valence-corrected chi connectivity index (χ4v) is 3.41. The molecule has 0 spiro atoms. The van der Waals surface area contributed by atoms with E-state index in [2.05, 4.69) is 25.3 Å². The molecular formula is C19H21N5O2. The number of piperidine rings is 1. The van der Waals surface area contributed by atoms with Crippen LogP contribution >= 0.6 is 0 Å². The van der Waals surface area contributed by atoms with Crippen LogP contribution < -0.4 is 10.2 Å². The zero-order valence-corrected chi connectivity index (χ0v) is 14.9. The predicted molar refractivity (Wildman–Crippen MR) is 99.1 cm³/mol. The highest BCUT2D eigenvalue weighted by Crippen LogP contribution is 2.29. The van der Waals surface area contributed by atoms with Gasteiger partial charge in [0.25, 0.3) is 5.71 Å². The molecule has 1 aliphatic heterocycles. The Kier molecular flexibility index (Phi) is 4.28. The van der Waals surface area contributed by atoms with Gasteiger partial charge in [-0.3, -0.25) is 4.79 Å². The van der Waals surface area contributed by atoms with Crippen molar-refractivity contribution in [1.82, 2.24) is 15.1 Å². The first-order valence-corrected chi connectivity index (χ1v) is 8.81. The van der Waals surface area contributed by atoms with E-state index in [-0.39, 0.29) is 11.8 Å². The normalized spacial score (nSPS) is 17.5. The van der Waals surface area contributed by atoms with Gasteiger partial charge in [0.2, 0.25) is 5.91 Å². The van der Waals surface area contributed by atoms with Gasteiger partial charge in [-0.1, -0.05) is 22.9 Å². The molecule has 7 nitrogen and oxygen atoms in total. The Hall–Kier alpha value is -2.96. The third-order valence-corrected chi connectivity index (χ3v) is 4.83. The molecule has 1 aliphatic rings. The number of nitrogens with one attached hydrogen (secondary N) is 1. The van der Waals surface area contributed by atoms with Gasteiger partial charge in [0, 0.05) is 18.8 Å². The van der Waals surface area contributed by atoms with E-state index in [4.69, 9.17) is 4.52 Å². The van der Waals surface area contributed by atoms with E-state index in [1.807, 2.05) is 38.1 Å². The fraction of sp³-hybridized carbons (Fsp3) is 0.368. The van der Waals surface area contributed by atoms with Crippen LogP contribution in [-0.4, -0.2) is 34.1 Å². The Morgan fingerprint density at radius 1 is 1.23 bits per heavy atom. The van der Waals surface area contributed by atoms with Gasteiger partial charge in [-0.25, -0.2) is 4.98 Å². The SMILES string of the molecule is Cc1ccc(NC(=O)[C@@H]2CCCN(c3ncnc4onc(C)c34)C2)cc1. The predicted octanol–water partition coefficient (Wildman–Crippen LogP) is 3.09. The molecule has 1 atom stereocenters. The number of aryl methyl sites for hydroxylation is 2. The van der Waals surface area contributed by atoms with Gasteiger partial charge in [0.15, 0.2) is 0 Å². The van der Waals surface area contributed by atoms with E-state index >= 15 is 0 Å². The summed E-state index contributed by atoms with van der Waals surface area (Å²) in [5.41, 5.74) is 3.25. The zero-order chi connectivity index (χ0) is 18.1. The summed E-state index contributed by atoms with van der Waals surface area (Å²) in [6, 6.07) is 7.86. The summed E-state index contributed by atoms with van der Waals surface area (Å²) in [6.07, 6.45) is 3.28. The van der Waals surface area contributed by atoms with Crippen molar-refractivity contribution in [3.05, 3.63) is 41.9 Å². The monoisotopic (exact) mass is 351 g/mol. The number of benzene rings is 1. The molecule has 7 heteroatoms. The number of hydrogen-bond acceptors (Lipinski definition) is 6. The molecular weight excluding hydrogens is 330 g/mol. The van der Waals surface area contributed by atoms with E-state index in [9.17, 15) is 4.79 Å². The van der Waals surface area contributed by atoms with Gasteiger partial charge in [-0.2, -0.15) is 4.98 Å². The molecule has 0 saturated carbocycles. The van der Waals surface area contributed by atoms with Gasteiger partial charge in [0.05, 0.1) is 11.6 Å². The number of rotatable bonds is 3. The minimum atomic E-state index is -0.0877. The molecule has 1 amide bonds. The number of carbonyl (C=O) groups is 1. The topological polar surface area (TPSA) is 84.2 Å². The summed E-state index contributed by atoms with van der Waals surface area (Å²) in [6.45, 7) is 5.38. The van der Waals surface area contributed by atoms with Crippen molar-refractivity contribution in [3.8, 4) is 0 Å². The minimum Gasteiger partial charge on any atom is -0.355 e. The number of hydrogen-bond donors (Lipinski definition) is 1. The number of nitrogens with zero attached hydrogens (tertiary/aromatic N) is 4. The van der Waals surface area contributed by atoms with Crippen molar-refractivity contribution < 1.29 is 9.32 Å². The second-order valence-electron chi connectivity index (χ2n) is 6.79. The van der Waals surface area contributed by atoms with Crippen molar-refractivity contribution in [2.45, 2.75) is 26.7 Å². The number of fused-ring (bicyclic) bond motifs is 1. The number of carbonyl (C=O) groups excluding carboxylic acids is 1. The third kappa shape index (κ3) is 3.12. The Balaban J connectivity index is 1.52. The summed E-state index contributed by atoms with van der Waals surface area (Å²) >= 11 is 0. The van der Waals surface area contributed by atoms with Crippen molar-refractivity contribution in [2.24, 2.45) is 5.92 Å². The zero-order valence-electron chi connectivity index (χ0n) is 14.9. The summed E-state index contributed by atoms with van der Waals surface area (Å²) in [5, 5.41) is 7.84. The maximum Gasteiger partial charge on any atom is 0.263 e. The second-order valence-corrected chi connectivity index (χ2v) is 6.79. The highest BCUT2D eigenvalue weighted by atomic mass is 16.5. The summed E-state index contributed by atoms with van der Waals surface area (Å²) in [5.74, 6) is 0.753. The maximum atomic E-state index is 12.7. The molecule has 2 aromatic heterocycles. The number of anilines is 2. The lowest BCUT2D eigenvalue weighted by Gasteiger charge is -2.33. The van der Waals surface area contributed by atoms with Gasteiger partial charge in [-0.05, 0) is 38.8 Å². The first kappa shape index (κ1) is 16.5. The fourth-order valence-electron chi connectivity index (χ4n) is 3.41. The first-order chi connectivity index (χ1) is 12.6. The number of aromatic nitrogens is 3. The third-order valence-electron chi connectivity index (χ3n) is 4.83. The molecule has 1 N–H and O–H groups in total. The summed E-state index contributed by atoms with van der Waals surface area (Å²) in [4.78, 5) is 23.4. The molecule has 26 heavy (non-hydrogen) atoms. The van der Waals surface area contributed by atoms with Gasteiger partial charge < -0.3 is 14.7 Å². The van der Waals surface area contributed by atoms with Crippen LogP contribution in [0.4, 0.5) is 11.5 Å². The molecule has 3 heterocycles. The Morgan fingerprint density at radius 3 is 2.85 bits per heavy atom. The van der Waals surface area contributed by atoms with Gasteiger partial charge in [-0.15, -0.1) is 0 Å². The number of amides is 1. The highest BCUT2D eigenvalue weighted by Gasteiger charge is 2.28. The van der Waals surface area contributed by atoms with Gasteiger partial charge in [0.1, 0.15) is 17.5 Å². The first-order valence-electron chi connectivity index (χ1n) is 8.81. The van der Waals surface area contributed by atoms with Crippen molar-refractivity contribution in [2.75, 3.05) is 23.3 Å². The Bertz CT molecular complexity index is 935. The van der Waals surface area contributed by atoms with Crippen molar-refractivity contribution >= 4 is 28.5 Å². The lowest BCUT2D eigenvalue weighted by molar-refractivity contribution is -0.120. The van der Waals surface area contributed by atoms with Crippen molar-refractivity contribution in [3.63, 3.8) is 0 Å². The smallest absolute Gasteiger partial charge is 0.263 e. The van der Waals surface area contributed by atoms with Crippen LogP contribution in [0.3, 0.4) is 0 Å². The molecule has 4 rings (SSSR count). The lowest BCUT2D eigenvalue weighted by atomic mass is 9.96. The largest absolute Gasteiger partial charge is 0.355 e. The minimum absolute atomic E-state index is 0.0471. The molecule has 1 aromatic carbocycles. The van der Waals surface area contributed by atoms with E-state index in [1.165, 1.54) is 11.9 Å². The molecule has 1 fully saturated rings. The maximum absolute atomic E-state index is 12.7. The molecule has 3 aromatic rings. The highest BCUT2D eigenvalue weighted by molar-refractivity contribution is 5.93. The molecule has 0 radical (unpaired) electrons. The van der Waals surface area contributed by atoms with Crippen LogP contribution in [0.1, 0.15) is 24.1 Å². The second kappa shape index (κ2) is 6.74. The van der Waals surface area contributed by atoms with E-state index in [0.29, 0.717) is 12.3 Å². The van der Waals surface area contributed by atoms with Crippen molar-refractivity contribution in [1.29, 1.82) is 0 Å². The average molecular weight is 351 g/mol. The van der Waals surface area contributed by atoms with Crippen LogP contribution in [-0.2, 0) is 4.79 Å². The van der Waals surface area contributed by atoms with Crippen LogP contribution in [0.15, 0.2) is 35.1 Å². The summed E-state index contributed by atoms with van der Waals surface area (Å²) in [7, 11) is 0. The quantitative estimate of drug-likeness (QED) is 0.781. The summed E-state index contributed by atoms with van der Waals surface area (Å²) < 4.78 is 5.24. The van der Waals surface area contributed by atoms with Gasteiger partial charge >= 0.3 is 0 Å². The molecule has 0 unspecified atom stereocenters. The average Bonchev–Trinajstić information content (AvgIpc) is 3.05. The van der Waals surface area contributed by atoms with E-state index in [1.54, 1.807) is 0 Å². The Morgan fingerprint density at radius 2 is 2.04 bits per heavy atom. The van der Waals surface area contributed by atoms with E-state index < -0.39 is 0 Å². The lowest BCUT2D eigenvalue weighted by Crippen LogP contribution is -2.41. The Labute approximate surface area is 151 Å². The van der Waals surface area contributed by atoms with E-state index in [0.717, 1.165) is 42.0 Å². The molecule has 0 bridgehead atoms. The molecule has 1 saturated heterocycles. The molecule has 0 aliphatic carbocycles. The molecule has 134 valence electrons.